The van der Waals surface area contributed by atoms with Gasteiger partial charge >= 0.3 is 0 Å². The summed E-state index contributed by atoms with van der Waals surface area (Å²) in [7, 11) is 0. The molecular formula is C8H10N4O. The average Bonchev–Trinajstić information content (AvgIpc) is 2.51. The van der Waals surface area contributed by atoms with Crippen LogP contribution in [0.1, 0.15) is 19.8 Å². The molecule has 0 bridgehead atoms. The zero-order valence-corrected chi connectivity index (χ0v) is 7.32. The minimum atomic E-state index is -0.424. The monoisotopic (exact) mass is 178 g/mol. The van der Waals surface area contributed by atoms with Crippen LogP contribution in [-0.4, -0.2) is 29.7 Å². The standard InChI is InChI=1S/C8H10N4O/c1-2-3-5-6-7(12-11-5)8(13)10-4-9-6/h4,7,12H,2-3H2,1H3. The van der Waals surface area contributed by atoms with Gasteiger partial charge in [0.1, 0.15) is 6.34 Å². The number of amides is 1. The summed E-state index contributed by atoms with van der Waals surface area (Å²) in [5, 5.41) is 4.06. The largest absolute Gasteiger partial charge is 0.291 e. The maximum Gasteiger partial charge on any atom is 0.277 e. The molecule has 0 saturated heterocycles. The van der Waals surface area contributed by atoms with E-state index in [1.54, 1.807) is 0 Å². The van der Waals surface area contributed by atoms with Crippen LogP contribution in [0.4, 0.5) is 0 Å². The number of hydrazone groups is 1. The summed E-state index contributed by atoms with van der Waals surface area (Å²) in [5.74, 6) is -0.208. The van der Waals surface area contributed by atoms with Crippen LogP contribution in [-0.2, 0) is 4.79 Å². The SMILES string of the molecule is CCCC1=NNC2C(=O)N=CN=C12. The molecule has 0 aromatic heterocycles. The third kappa shape index (κ3) is 1.26. The van der Waals surface area contributed by atoms with Crippen LogP contribution < -0.4 is 5.43 Å². The third-order valence-corrected chi connectivity index (χ3v) is 2.01. The highest BCUT2D eigenvalue weighted by Crippen LogP contribution is 2.10. The molecule has 0 saturated carbocycles. The maximum atomic E-state index is 11.2. The number of aliphatic imine (C=N–C) groups is 2. The first kappa shape index (κ1) is 8.10. The minimum absolute atomic E-state index is 0.208. The van der Waals surface area contributed by atoms with Gasteiger partial charge in [-0.15, -0.1) is 0 Å². The predicted molar refractivity (Wildman–Crippen MR) is 50.2 cm³/mol. The molecule has 0 aliphatic carbocycles. The van der Waals surface area contributed by atoms with Gasteiger partial charge in [-0.1, -0.05) is 13.3 Å². The molecule has 68 valence electrons. The van der Waals surface area contributed by atoms with Crippen molar-refractivity contribution in [1.29, 1.82) is 0 Å². The van der Waals surface area contributed by atoms with Crippen molar-refractivity contribution in [2.75, 3.05) is 0 Å². The second-order valence-electron chi connectivity index (χ2n) is 2.97. The number of hydrogen-bond acceptors (Lipinski definition) is 4. The fraction of sp³-hybridized carbons (Fsp3) is 0.500. The minimum Gasteiger partial charge on any atom is -0.291 e. The van der Waals surface area contributed by atoms with E-state index in [1.165, 1.54) is 6.34 Å². The smallest absolute Gasteiger partial charge is 0.277 e. The summed E-state index contributed by atoms with van der Waals surface area (Å²) >= 11 is 0. The van der Waals surface area contributed by atoms with E-state index in [1.807, 2.05) is 0 Å². The third-order valence-electron chi connectivity index (χ3n) is 2.01. The van der Waals surface area contributed by atoms with Gasteiger partial charge in [0.05, 0.1) is 11.4 Å². The lowest BCUT2D eigenvalue weighted by Gasteiger charge is -2.09. The Morgan fingerprint density at radius 3 is 3.23 bits per heavy atom. The van der Waals surface area contributed by atoms with Crippen LogP contribution in [0.2, 0.25) is 0 Å². The van der Waals surface area contributed by atoms with Gasteiger partial charge in [-0.25, -0.2) is 4.99 Å². The van der Waals surface area contributed by atoms with E-state index in [-0.39, 0.29) is 5.91 Å². The average molecular weight is 178 g/mol. The summed E-state index contributed by atoms with van der Waals surface area (Å²) in [6.07, 6.45) is 3.15. The first-order chi connectivity index (χ1) is 6.33. The van der Waals surface area contributed by atoms with E-state index in [2.05, 4.69) is 27.4 Å². The fourth-order valence-electron chi connectivity index (χ4n) is 1.39. The molecule has 1 unspecified atom stereocenters. The van der Waals surface area contributed by atoms with Crippen molar-refractivity contribution in [2.24, 2.45) is 15.1 Å². The molecule has 2 heterocycles. The predicted octanol–water partition coefficient (Wildman–Crippen LogP) is 0.124. The zero-order chi connectivity index (χ0) is 9.26. The van der Waals surface area contributed by atoms with E-state index in [4.69, 9.17) is 0 Å². The van der Waals surface area contributed by atoms with Gasteiger partial charge in [-0.3, -0.25) is 10.2 Å². The van der Waals surface area contributed by atoms with Gasteiger partial charge in [-0.05, 0) is 6.42 Å². The Morgan fingerprint density at radius 1 is 1.62 bits per heavy atom. The van der Waals surface area contributed by atoms with Crippen molar-refractivity contribution in [3.63, 3.8) is 0 Å². The Balaban J connectivity index is 2.24. The highest BCUT2D eigenvalue weighted by atomic mass is 16.2. The summed E-state index contributed by atoms with van der Waals surface area (Å²) in [4.78, 5) is 18.8. The molecule has 2 aliphatic rings. The van der Waals surface area contributed by atoms with Gasteiger partial charge in [0.15, 0.2) is 6.04 Å². The van der Waals surface area contributed by atoms with Crippen LogP contribution >= 0.6 is 0 Å². The van der Waals surface area contributed by atoms with Crippen molar-refractivity contribution in [1.82, 2.24) is 5.43 Å². The number of nitrogens with one attached hydrogen (secondary N) is 1. The molecule has 1 amide bonds. The number of carbonyl (C=O) groups is 1. The van der Waals surface area contributed by atoms with E-state index >= 15 is 0 Å². The first-order valence-corrected chi connectivity index (χ1v) is 4.29. The fourth-order valence-corrected chi connectivity index (χ4v) is 1.39. The Kier molecular flexibility index (Phi) is 1.92. The number of nitrogens with zero attached hydrogens (tertiary/aromatic N) is 3. The molecule has 5 nitrogen and oxygen atoms in total. The molecule has 13 heavy (non-hydrogen) atoms. The molecule has 0 aromatic carbocycles. The molecule has 0 spiro atoms. The van der Waals surface area contributed by atoms with E-state index in [9.17, 15) is 4.79 Å². The van der Waals surface area contributed by atoms with Crippen LogP contribution in [0.5, 0.6) is 0 Å². The molecule has 0 fully saturated rings. The van der Waals surface area contributed by atoms with E-state index in [0.717, 1.165) is 24.3 Å². The molecular weight excluding hydrogens is 168 g/mol. The number of carbonyl (C=O) groups excluding carboxylic acids is 1. The molecule has 1 N–H and O–H groups in total. The maximum absolute atomic E-state index is 11.2. The second kappa shape index (κ2) is 3.08. The number of fused-ring (bicyclic) bond motifs is 1. The normalized spacial score (nSPS) is 25.0. The summed E-state index contributed by atoms with van der Waals surface area (Å²) in [6.45, 7) is 2.06. The second-order valence-corrected chi connectivity index (χ2v) is 2.97. The lowest BCUT2D eigenvalue weighted by molar-refractivity contribution is -0.118. The molecule has 0 aromatic rings. The lowest BCUT2D eigenvalue weighted by Crippen LogP contribution is -2.39. The Labute approximate surface area is 75.6 Å². The van der Waals surface area contributed by atoms with Gasteiger partial charge < -0.3 is 0 Å². The number of rotatable bonds is 2. The van der Waals surface area contributed by atoms with Crippen molar-refractivity contribution in [3.8, 4) is 0 Å². The highest BCUT2D eigenvalue weighted by Gasteiger charge is 2.33. The molecule has 2 aliphatic heterocycles. The van der Waals surface area contributed by atoms with Gasteiger partial charge in [0, 0.05) is 0 Å². The Hall–Kier alpha value is -1.52. The van der Waals surface area contributed by atoms with Gasteiger partial charge in [0.2, 0.25) is 0 Å². The van der Waals surface area contributed by atoms with E-state index < -0.39 is 6.04 Å². The summed E-state index contributed by atoms with van der Waals surface area (Å²) in [5.41, 5.74) is 4.36. The van der Waals surface area contributed by atoms with Crippen molar-refractivity contribution >= 4 is 23.7 Å². The van der Waals surface area contributed by atoms with Gasteiger partial charge in [0.25, 0.3) is 5.91 Å². The Morgan fingerprint density at radius 2 is 2.46 bits per heavy atom. The van der Waals surface area contributed by atoms with Gasteiger partial charge in [-0.2, -0.15) is 10.1 Å². The van der Waals surface area contributed by atoms with Crippen LogP contribution in [0.15, 0.2) is 15.1 Å². The topological polar surface area (TPSA) is 66.2 Å². The van der Waals surface area contributed by atoms with Crippen LogP contribution in [0.3, 0.4) is 0 Å². The summed E-state index contributed by atoms with van der Waals surface area (Å²) in [6, 6.07) is -0.424. The summed E-state index contributed by atoms with van der Waals surface area (Å²) < 4.78 is 0. The van der Waals surface area contributed by atoms with Crippen molar-refractivity contribution in [3.05, 3.63) is 0 Å². The molecule has 5 heteroatoms. The highest BCUT2D eigenvalue weighted by molar-refractivity contribution is 6.50. The van der Waals surface area contributed by atoms with Crippen molar-refractivity contribution in [2.45, 2.75) is 25.8 Å². The number of hydrogen-bond donors (Lipinski definition) is 1. The van der Waals surface area contributed by atoms with Crippen molar-refractivity contribution < 1.29 is 4.79 Å². The Bertz CT molecular complexity index is 329. The van der Waals surface area contributed by atoms with Crippen LogP contribution in [0.25, 0.3) is 0 Å². The lowest BCUT2D eigenvalue weighted by atomic mass is 10.0. The molecule has 1 atom stereocenters. The molecule has 2 rings (SSSR count). The quantitative estimate of drug-likeness (QED) is 0.652. The zero-order valence-electron chi connectivity index (χ0n) is 7.32. The first-order valence-electron chi connectivity index (χ1n) is 4.29. The van der Waals surface area contributed by atoms with E-state index in [0.29, 0.717) is 0 Å². The molecule has 0 radical (unpaired) electrons. The van der Waals surface area contributed by atoms with Crippen LogP contribution in [0, 0.1) is 0 Å².